The number of nitrogens with one attached hydrogen (secondary N) is 3. The average Bonchev–Trinajstić information content (AvgIpc) is 3.89. The number of ether oxygens (including phenoxy) is 4. The minimum absolute atomic E-state index is 0.0191. The number of carbonyl (C=O) groups is 4. The molecule has 4 N–H and O–H groups in total. The molecule has 8 rings (SSSR count). The van der Waals surface area contributed by atoms with Crippen LogP contribution in [0.4, 0.5) is 4.79 Å². The molecule has 338 valence electrons. The first-order chi connectivity index (χ1) is 29.6. The number of carboxylic acids is 1. The van der Waals surface area contributed by atoms with Gasteiger partial charge in [-0.1, -0.05) is 45.9 Å². The number of benzene rings is 1. The van der Waals surface area contributed by atoms with Gasteiger partial charge in [-0.05, 0) is 74.8 Å². The maximum Gasteiger partial charge on any atom is 0.408 e. The average molecular weight is 878 g/mol. The molecule has 1 aromatic carbocycles. The fraction of sp³-hybridized carbons (Fsp3) is 0.689. The second kappa shape index (κ2) is 18.0. The zero-order valence-electron chi connectivity index (χ0n) is 36.8. The van der Waals surface area contributed by atoms with Gasteiger partial charge < -0.3 is 44.9 Å². The lowest BCUT2D eigenvalue weighted by Crippen LogP contribution is -2.59. The minimum atomic E-state index is -1.39. The molecule has 0 radical (unpaired) electrons. The molecule has 0 bridgehead atoms. The monoisotopic (exact) mass is 877 g/mol. The first kappa shape index (κ1) is 44.3. The molecule has 4 heterocycles. The molecule has 3 amide bonds. The summed E-state index contributed by atoms with van der Waals surface area (Å²) in [6.07, 6.45) is 2.33. The van der Waals surface area contributed by atoms with Crippen LogP contribution in [0.3, 0.4) is 0 Å². The maximum atomic E-state index is 14.8. The molecule has 2 aromatic rings. The van der Waals surface area contributed by atoms with Crippen molar-refractivity contribution in [1.29, 1.82) is 0 Å². The van der Waals surface area contributed by atoms with Gasteiger partial charge in [-0.15, -0.1) is 0 Å². The standard InChI is InChI=1S/C45H63N7O9S/c1-7-28-22-45(28,41(55)56)50-39(53)36-20-31(23-52(36)40(54)38(44(4,5)6)49-43(57)61-30-17-26-16-27(26)18-30)60-37-21-34(35-24-62-42(48-35)46-25(2)3)47-33-19-29(8-9-32(33)37)59-15-12-51-10-13-58-14-11-51/h8-9,19,21,25-28,30-31,35-36,38H,7,10-18,20,22-24H2,1-6H3,(H,46,48)(H,49,57)(H,50,53)(H,55,56)/t26-,27+,28-,30+,31-,35?,36+,38-,45?/m1/s1. The van der Waals surface area contributed by atoms with Crippen LogP contribution in [0.1, 0.15) is 91.8 Å². The molecule has 5 fully saturated rings. The Morgan fingerprint density at radius 2 is 1.81 bits per heavy atom. The number of aliphatic carboxylic acids is 1. The van der Waals surface area contributed by atoms with Crippen molar-refractivity contribution in [2.75, 3.05) is 51.8 Å². The molecule has 9 atom stereocenters. The number of rotatable bonds is 15. The number of amidine groups is 1. The third kappa shape index (κ3) is 9.89. The summed E-state index contributed by atoms with van der Waals surface area (Å²) in [5, 5.41) is 20.9. The number of hydrogen-bond donors (Lipinski definition) is 4. The third-order valence-electron chi connectivity index (χ3n) is 13.3. The molecule has 2 unspecified atom stereocenters. The Balaban J connectivity index is 1.06. The quantitative estimate of drug-likeness (QED) is 0.192. The molecule has 0 spiro atoms. The van der Waals surface area contributed by atoms with E-state index in [2.05, 4.69) is 34.7 Å². The van der Waals surface area contributed by atoms with E-state index >= 15 is 0 Å². The number of pyridine rings is 1. The fourth-order valence-corrected chi connectivity index (χ4v) is 10.6. The van der Waals surface area contributed by atoms with Gasteiger partial charge in [-0.2, -0.15) is 0 Å². The van der Waals surface area contributed by atoms with Crippen LogP contribution in [0, 0.1) is 23.2 Å². The molecule has 62 heavy (non-hydrogen) atoms. The van der Waals surface area contributed by atoms with E-state index < -0.39 is 53.0 Å². The van der Waals surface area contributed by atoms with Gasteiger partial charge in [0.15, 0.2) is 5.17 Å². The molecule has 17 heteroatoms. The van der Waals surface area contributed by atoms with Crippen molar-refractivity contribution in [2.45, 2.75) is 122 Å². The van der Waals surface area contributed by atoms with Gasteiger partial charge in [0, 0.05) is 55.4 Å². The van der Waals surface area contributed by atoms with E-state index in [1.807, 2.05) is 52.0 Å². The zero-order chi connectivity index (χ0) is 43.9. The molecule has 2 saturated heterocycles. The highest BCUT2D eigenvalue weighted by molar-refractivity contribution is 8.14. The number of aromatic nitrogens is 1. The number of nitrogens with zero attached hydrogens (tertiary/aromatic N) is 4. The lowest BCUT2D eigenvalue weighted by atomic mass is 9.85. The molecule has 1 aromatic heterocycles. The first-order valence-electron chi connectivity index (χ1n) is 22.4. The predicted molar refractivity (Wildman–Crippen MR) is 234 cm³/mol. The van der Waals surface area contributed by atoms with Crippen LogP contribution in [-0.4, -0.2) is 137 Å². The normalized spacial score (nSPS) is 29.8. The Hall–Kier alpha value is -4.35. The number of carboxylic acid groups (broad SMARTS) is 1. The van der Waals surface area contributed by atoms with E-state index in [1.54, 1.807) is 11.8 Å². The highest BCUT2D eigenvalue weighted by Gasteiger charge is 2.61. The van der Waals surface area contributed by atoms with E-state index in [-0.39, 0.29) is 37.1 Å². The Kier molecular flexibility index (Phi) is 12.9. The van der Waals surface area contributed by atoms with Crippen LogP contribution in [0.2, 0.25) is 0 Å². The van der Waals surface area contributed by atoms with Crippen molar-refractivity contribution >= 4 is 51.7 Å². The largest absolute Gasteiger partial charge is 0.492 e. The summed E-state index contributed by atoms with van der Waals surface area (Å²) in [6.45, 7) is 16.1. The second-order valence-electron chi connectivity index (χ2n) is 19.3. The molecule has 6 aliphatic rings. The predicted octanol–water partition coefficient (Wildman–Crippen LogP) is 4.74. The van der Waals surface area contributed by atoms with E-state index in [1.165, 1.54) is 11.3 Å². The van der Waals surface area contributed by atoms with Crippen LogP contribution >= 0.6 is 11.8 Å². The Morgan fingerprint density at radius 3 is 2.48 bits per heavy atom. The number of thioether (sulfide) groups is 1. The number of aliphatic imine (C=N–C) groups is 1. The van der Waals surface area contributed by atoms with E-state index in [4.69, 9.17) is 28.9 Å². The Bertz CT molecular complexity index is 2050. The topological polar surface area (TPSA) is 193 Å². The van der Waals surface area contributed by atoms with Gasteiger partial charge >= 0.3 is 12.1 Å². The van der Waals surface area contributed by atoms with Gasteiger partial charge in [-0.3, -0.25) is 24.5 Å². The number of fused-ring (bicyclic) bond motifs is 2. The Morgan fingerprint density at radius 1 is 1.05 bits per heavy atom. The number of morpholine rings is 1. The van der Waals surface area contributed by atoms with E-state index in [0.29, 0.717) is 73.0 Å². The van der Waals surface area contributed by atoms with Crippen molar-refractivity contribution < 1.29 is 43.2 Å². The van der Waals surface area contributed by atoms with Crippen LogP contribution < -0.4 is 25.4 Å². The summed E-state index contributed by atoms with van der Waals surface area (Å²) in [7, 11) is 0. The number of alkyl carbamates (subject to hydrolysis) is 1. The molecule has 3 aliphatic heterocycles. The maximum absolute atomic E-state index is 14.8. The summed E-state index contributed by atoms with van der Waals surface area (Å²) in [5.74, 6) is 0.754. The van der Waals surface area contributed by atoms with Crippen LogP contribution in [0.5, 0.6) is 11.5 Å². The van der Waals surface area contributed by atoms with Crippen LogP contribution in [0.25, 0.3) is 10.9 Å². The summed E-state index contributed by atoms with van der Waals surface area (Å²) in [5.41, 5.74) is -0.788. The van der Waals surface area contributed by atoms with Crippen molar-refractivity contribution in [3.63, 3.8) is 0 Å². The van der Waals surface area contributed by atoms with Gasteiger partial charge in [0.1, 0.15) is 54.0 Å². The summed E-state index contributed by atoms with van der Waals surface area (Å²) in [6, 6.07) is 5.47. The van der Waals surface area contributed by atoms with Crippen molar-refractivity contribution in [2.24, 2.45) is 28.2 Å². The smallest absolute Gasteiger partial charge is 0.408 e. The number of carbonyl (C=O) groups excluding carboxylic acids is 3. The van der Waals surface area contributed by atoms with Crippen LogP contribution in [-0.2, 0) is 23.9 Å². The highest BCUT2D eigenvalue weighted by atomic mass is 32.2. The first-order valence-corrected chi connectivity index (χ1v) is 23.4. The molecule has 3 saturated carbocycles. The molecular formula is C45H63N7O9S. The summed E-state index contributed by atoms with van der Waals surface area (Å²) in [4.78, 5) is 68.8. The van der Waals surface area contributed by atoms with Crippen LogP contribution in [0.15, 0.2) is 29.3 Å². The SMILES string of the molecule is CC[C@@H]1CC1(NC(=O)[C@@H]1C[C@@H](Oc2cc(C3CSC(NC(C)C)=N3)nc3cc(OCCN4CCOCC4)ccc23)CN1C(=O)[C@@H](NC(=O)O[C@@H]1C[C@@H]2C[C@@H]2C1)C(C)(C)C)C(=O)O. The fourth-order valence-electron chi connectivity index (χ4n) is 9.54. The number of amides is 3. The van der Waals surface area contributed by atoms with Crippen molar-refractivity contribution in [1.82, 2.24) is 30.7 Å². The molecule has 3 aliphatic carbocycles. The lowest BCUT2D eigenvalue weighted by Gasteiger charge is -2.35. The number of likely N-dealkylation sites (tertiary alicyclic amines) is 1. The Labute approximate surface area is 368 Å². The summed E-state index contributed by atoms with van der Waals surface area (Å²) >= 11 is 1.64. The van der Waals surface area contributed by atoms with Gasteiger partial charge in [0.2, 0.25) is 11.8 Å². The molecular weight excluding hydrogens is 815 g/mol. The second-order valence-corrected chi connectivity index (χ2v) is 20.4. The van der Waals surface area contributed by atoms with Gasteiger partial charge in [0.25, 0.3) is 0 Å². The lowest BCUT2D eigenvalue weighted by molar-refractivity contribution is -0.146. The zero-order valence-corrected chi connectivity index (χ0v) is 37.6. The van der Waals surface area contributed by atoms with E-state index in [0.717, 1.165) is 43.0 Å². The van der Waals surface area contributed by atoms with Crippen molar-refractivity contribution in [3.05, 3.63) is 30.0 Å². The van der Waals surface area contributed by atoms with Gasteiger partial charge in [-0.25, -0.2) is 9.59 Å². The highest BCUT2D eigenvalue weighted by Crippen LogP contribution is 2.52. The van der Waals surface area contributed by atoms with E-state index in [9.17, 15) is 24.3 Å². The van der Waals surface area contributed by atoms with Gasteiger partial charge in [0.05, 0.1) is 31.0 Å². The summed E-state index contributed by atoms with van der Waals surface area (Å²) < 4.78 is 24.4. The third-order valence-corrected chi connectivity index (χ3v) is 14.2. The number of hydrogen-bond acceptors (Lipinski definition) is 13. The van der Waals surface area contributed by atoms with Crippen molar-refractivity contribution in [3.8, 4) is 11.5 Å². The molecule has 16 nitrogen and oxygen atoms in total. The minimum Gasteiger partial charge on any atom is -0.492 e.